The summed E-state index contributed by atoms with van der Waals surface area (Å²) in [6.45, 7) is 0. The van der Waals surface area contributed by atoms with Crippen molar-refractivity contribution < 1.29 is 24.6 Å². The van der Waals surface area contributed by atoms with Crippen LogP contribution in [0.2, 0.25) is 5.15 Å². The van der Waals surface area contributed by atoms with E-state index in [1.807, 2.05) is 0 Å². The number of halogens is 1. The Morgan fingerprint density at radius 1 is 1.37 bits per heavy atom. The number of nitrogens with one attached hydrogen (secondary N) is 1. The number of rotatable bonds is 6. The number of aliphatic carboxylic acids is 2. The second-order valence-electron chi connectivity index (χ2n) is 3.66. The molecule has 102 valence electrons. The molecule has 0 bridgehead atoms. The first-order valence-corrected chi connectivity index (χ1v) is 5.65. The lowest BCUT2D eigenvalue weighted by atomic mass is 10.1. The fourth-order valence-electron chi connectivity index (χ4n) is 1.31. The van der Waals surface area contributed by atoms with Gasteiger partial charge in [-0.15, -0.1) is 0 Å². The summed E-state index contributed by atoms with van der Waals surface area (Å²) < 4.78 is 0. The minimum absolute atomic E-state index is 0.102. The molecule has 0 saturated heterocycles. The highest BCUT2D eigenvalue weighted by Gasteiger charge is 2.21. The van der Waals surface area contributed by atoms with Crippen LogP contribution in [0.1, 0.15) is 23.2 Å². The van der Waals surface area contributed by atoms with E-state index >= 15 is 0 Å². The molecular weight excluding hydrogens is 276 g/mol. The third-order valence-corrected chi connectivity index (χ3v) is 2.45. The first-order valence-electron chi connectivity index (χ1n) is 5.27. The summed E-state index contributed by atoms with van der Waals surface area (Å²) >= 11 is 5.61. The SMILES string of the molecule is O=C(O)CCC(NC(=O)c1ccnc(Cl)c1)C(=O)O. The Balaban J connectivity index is 2.71. The minimum Gasteiger partial charge on any atom is -0.481 e. The molecule has 1 unspecified atom stereocenters. The average Bonchev–Trinajstić information content (AvgIpc) is 2.33. The highest BCUT2D eigenvalue weighted by molar-refractivity contribution is 6.29. The quantitative estimate of drug-likeness (QED) is 0.665. The summed E-state index contributed by atoms with van der Waals surface area (Å²) in [6, 6.07) is 1.39. The summed E-state index contributed by atoms with van der Waals surface area (Å²) in [5.74, 6) is -3.08. The van der Waals surface area contributed by atoms with E-state index in [1.54, 1.807) is 0 Å². The number of carboxylic acid groups (broad SMARTS) is 2. The Kier molecular flexibility index (Phi) is 5.25. The highest BCUT2D eigenvalue weighted by Crippen LogP contribution is 2.08. The molecule has 7 nitrogen and oxygen atoms in total. The molecule has 8 heteroatoms. The maximum atomic E-state index is 11.7. The first kappa shape index (κ1) is 14.9. The van der Waals surface area contributed by atoms with Gasteiger partial charge in [-0.05, 0) is 18.6 Å². The van der Waals surface area contributed by atoms with Gasteiger partial charge in [-0.2, -0.15) is 0 Å². The van der Waals surface area contributed by atoms with Gasteiger partial charge in [-0.3, -0.25) is 9.59 Å². The number of hydrogen-bond donors (Lipinski definition) is 3. The van der Waals surface area contributed by atoms with Gasteiger partial charge in [-0.25, -0.2) is 9.78 Å². The number of carbonyl (C=O) groups is 3. The van der Waals surface area contributed by atoms with Gasteiger partial charge in [0.1, 0.15) is 11.2 Å². The molecule has 0 fully saturated rings. The van der Waals surface area contributed by atoms with Crippen molar-refractivity contribution in [3.63, 3.8) is 0 Å². The van der Waals surface area contributed by atoms with Gasteiger partial charge in [0, 0.05) is 18.2 Å². The molecule has 0 aliphatic heterocycles. The molecular formula is C11H11ClN2O5. The second kappa shape index (κ2) is 6.69. The van der Waals surface area contributed by atoms with Crippen LogP contribution in [-0.2, 0) is 9.59 Å². The summed E-state index contributed by atoms with van der Waals surface area (Å²) in [6.07, 6.45) is 0.758. The molecule has 19 heavy (non-hydrogen) atoms. The van der Waals surface area contributed by atoms with Gasteiger partial charge < -0.3 is 15.5 Å². The molecule has 1 heterocycles. The van der Waals surface area contributed by atoms with E-state index in [4.69, 9.17) is 21.8 Å². The Labute approximate surface area is 113 Å². The van der Waals surface area contributed by atoms with E-state index in [9.17, 15) is 14.4 Å². The number of carbonyl (C=O) groups excluding carboxylic acids is 1. The number of nitrogens with zero attached hydrogens (tertiary/aromatic N) is 1. The molecule has 1 aromatic rings. The number of amides is 1. The van der Waals surface area contributed by atoms with Gasteiger partial charge >= 0.3 is 11.9 Å². The van der Waals surface area contributed by atoms with Gasteiger partial charge in [-0.1, -0.05) is 11.6 Å². The summed E-state index contributed by atoms with van der Waals surface area (Å²) in [7, 11) is 0. The summed E-state index contributed by atoms with van der Waals surface area (Å²) in [5, 5.41) is 19.7. The van der Waals surface area contributed by atoms with E-state index in [2.05, 4.69) is 10.3 Å². The van der Waals surface area contributed by atoms with Crippen molar-refractivity contribution in [2.75, 3.05) is 0 Å². The maximum Gasteiger partial charge on any atom is 0.326 e. The molecule has 0 spiro atoms. The van der Waals surface area contributed by atoms with Crippen molar-refractivity contribution in [2.45, 2.75) is 18.9 Å². The lowest BCUT2D eigenvalue weighted by molar-refractivity contribution is -0.140. The molecule has 1 rings (SSSR count). The first-order chi connectivity index (χ1) is 8.90. The van der Waals surface area contributed by atoms with Crippen LogP contribution in [0.5, 0.6) is 0 Å². The van der Waals surface area contributed by atoms with E-state index in [-0.39, 0.29) is 23.6 Å². The van der Waals surface area contributed by atoms with Crippen molar-refractivity contribution in [2.24, 2.45) is 0 Å². The predicted molar refractivity (Wildman–Crippen MR) is 65.0 cm³/mol. The minimum atomic E-state index is -1.30. The number of hydrogen-bond acceptors (Lipinski definition) is 4. The lowest BCUT2D eigenvalue weighted by Crippen LogP contribution is -2.41. The largest absolute Gasteiger partial charge is 0.481 e. The van der Waals surface area contributed by atoms with Crippen LogP contribution >= 0.6 is 11.6 Å². The Hall–Kier alpha value is -2.15. The van der Waals surface area contributed by atoms with Crippen LogP contribution in [0.25, 0.3) is 0 Å². The zero-order valence-corrected chi connectivity index (χ0v) is 10.4. The topological polar surface area (TPSA) is 117 Å². The fourth-order valence-corrected chi connectivity index (χ4v) is 1.48. The zero-order chi connectivity index (χ0) is 14.4. The molecule has 3 N–H and O–H groups in total. The molecule has 1 amide bonds. The standard InChI is InChI=1S/C11H11ClN2O5/c12-8-5-6(3-4-13-8)10(17)14-7(11(18)19)1-2-9(15)16/h3-5,7H,1-2H2,(H,14,17)(H,15,16)(H,18,19). The zero-order valence-electron chi connectivity index (χ0n) is 9.67. The van der Waals surface area contributed by atoms with E-state index in [1.165, 1.54) is 18.3 Å². The van der Waals surface area contributed by atoms with Crippen molar-refractivity contribution in [3.05, 3.63) is 29.0 Å². The van der Waals surface area contributed by atoms with Gasteiger partial charge in [0.25, 0.3) is 5.91 Å². The van der Waals surface area contributed by atoms with Crippen molar-refractivity contribution in [1.29, 1.82) is 0 Å². The second-order valence-corrected chi connectivity index (χ2v) is 4.05. The Morgan fingerprint density at radius 3 is 2.58 bits per heavy atom. The smallest absolute Gasteiger partial charge is 0.326 e. The Bertz CT molecular complexity index is 506. The molecule has 0 radical (unpaired) electrons. The monoisotopic (exact) mass is 286 g/mol. The normalized spacial score (nSPS) is 11.6. The van der Waals surface area contributed by atoms with E-state index in [0.29, 0.717) is 0 Å². The molecule has 0 saturated carbocycles. The van der Waals surface area contributed by atoms with Crippen LogP contribution in [0.15, 0.2) is 18.3 Å². The van der Waals surface area contributed by atoms with Crippen molar-refractivity contribution >= 4 is 29.4 Å². The molecule has 0 aliphatic carbocycles. The third kappa shape index (κ3) is 4.92. The van der Waals surface area contributed by atoms with Gasteiger partial charge in [0.05, 0.1) is 0 Å². The van der Waals surface area contributed by atoms with E-state index < -0.39 is 23.9 Å². The predicted octanol–water partition coefficient (Wildman–Crippen LogP) is 0.783. The van der Waals surface area contributed by atoms with Crippen LogP contribution < -0.4 is 5.32 Å². The summed E-state index contributed by atoms with van der Waals surface area (Å²) in [5.41, 5.74) is 0.154. The molecule has 1 aromatic heterocycles. The summed E-state index contributed by atoms with van der Waals surface area (Å²) in [4.78, 5) is 36.7. The number of pyridine rings is 1. The molecule has 0 aliphatic rings. The highest BCUT2D eigenvalue weighted by atomic mass is 35.5. The van der Waals surface area contributed by atoms with Crippen LogP contribution in [-0.4, -0.2) is 39.1 Å². The lowest BCUT2D eigenvalue weighted by Gasteiger charge is -2.13. The number of carboxylic acids is 2. The number of aromatic nitrogens is 1. The Morgan fingerprint density at radius 2 is 2.05 bits per heavy atom. The van der Waals surface area contributed by atoms with Gasteiger partial charge in [0.2, 0.25) is 0 Å². The van der Waals surface area contributed by atoms with Crippen LogP contribution in [0, 0.1) is 0 Å². The maximum absolute atomic E-state index is 11.7. The van der Waals surface area contributed by atoms with Gasteiger partial charge in [0.15, 0.2) is 0 Å². The third-order valence-electron chi connectivity index (χ3n) is 2.24. The van der Waals surface area contributed by atoms with Crippen LogP contribution in [0.3, 0.4) is 0 Å². The molecule has 1 atom stereocenters. The average molecular weight is 287 g/mol. The van der Waals surface area contributed by atoms with E-state index in [0.717, 1.165) is 0 Å². The fraction of sp³-hybridized carbons (Fsp3) is 0.273. The van der Waals surface area contributed by atoms with Crippen molar-refractivity contribution in [1.82, 2.24) is 10.3 Å². The van der Waals surface area contributed by atoms with Crippen molar-refractivity contribution in [3.8, 4) is 0 Å². The molecule has 0 aromatic carbocycles. The van der Waals surface area contributed by atoms with Crippen LogP contribution in [0.4, 0.5) is 0 Å².